The zero-order valence-corrected chi connectivity index (χ0v) is 11.8. The lowest BCUT2D eigenvalue weighted by atomic mass is 10.2. The van der Waals surface area contributed by atoms with Crippen LogP contribution in [0.2, 0.25) is 0 Å². The normalized spacial score (nSPS) is 15.9. The summed E-state index contributed by atoms with van der Waals surface area (Å²) in [5.74, 6) is 0. The first-order valence-electron chi connectivity index (χ1n) is 6.31. The van der Waals surface area contributed by atoms with Crippen LogP contribution in [0.4, 0.5) is 0 Å². The van der Waals surface area contributed by atoms with Gasteiger partial charge in [-0.3, -0.25) is 0 Å². The summed E-state index contributed by atoms with van der Waals surface area (Å²) in [6, 6.07) is 6.65. The number of methoxy groups -OCH3 is 1. The van der Waals surface area contributed by atoms with E-state index in [4.69, 9.17) is 4.74 Å². The summed E-state index contributed by atoms with van der Waals surface area (Å²) >= 11 is 0. The Morgan fingerprint density at radius 2 is 2.05 bits per heavy atom. The molecule has 0 atom stereocenters. The summed E-state index contributed by atoms with van der Waals surface area (Å²) in [7, 11) is -2.00. The smallest absolute Gasteiger partial charge is 0.243 e. The maximum absolute atomic E-state index is 12.7. The predicted octanol–water partition coefficient (Wildman–Crippen LogP) is 0.978. The molecule has 1 saturated carbocycles. The molecule has 1 aliphatic carbocycles. The fourth-order valence-corrected chi connectivity index (χ4v) is 3.94. The van der Waals surface area contributed by atoms with E-state index >= 15 is 0 Å². The lowest BCUT2D eigenvalue weighted by Crippen LogP contribution is -2.36. The van der Waals surface area contributed by atoms with Crippen LogP contribution >= 0.6 is 0 Å². The molecule has 0 saturated heterocycles. The molecule has 0 radical (unpaired) electrons. The molecule has 1 N–H and O–H groups in total. The second-order valence-electron chi connectivity index (χ2n) is 4.61. The number of hydrogen-bond donors (Lipinski definition) is 1. The van der Waals surface area contributed by atoms with Crippen LogP contribution in [-0.4, -0.2) is 44.1 Å². The molecule has 1 aliphatic rings. The third-order valence-electron chi connectivity index (χ3n) is 3.20. The number of ether oxygens (including phenoxy) is 1. The first kappa shape index (κ1) is 14.5. The Hall–Kier alpha value is -0.950. The Morgan fingerprint density at radius 1 is 1.37 bits per heavy atom. The second kappa shape index (κ2) is 6.00. The van der Waals surface area contributed by atoms with Gasteiger partial charge in [-0.05, 0) is 24.5 Å². The van der Waals surface area contributed by atoms with Crippen molar-refractivity contribution in [2.24, 2.45) is 0 Å². The van der Waals surface area contributed by atoms with E-state index in [1.165, 1.54) is 4.31 Å². The van der Waals surface area contributed by atoms with Crippen molar-refractivity contribution in [1.29, 1.82) is 0 Å². The van der Waals surface area contributed by atoms with E-state index in [-0.39, 0.29) is 17.5 Å². The van der Waals surface area contributed by atoms with Gasteiger partial charge in [-0.25, -0.2) is 8.42 Å². The molecule has 6 heteroatoms. The van der Waals surface area contributed by atoms with Gasteiger partial charge >= 0.3 is 0 Å². The average Bonchev–Trinajstić information content (AvgIpc) is 3.23. The predicted molar refractivity (Wildman–Crippen MR) is 71.2 cm³/mol. The summed E-state index contributed by atoms with van der Waals surface area (Å²) < 4.78 is 31.8. The molecule has 1 aromatic rings. The lowest BCUT2D eigenvalue weighted by Gasteiger charge is -2.22. The molecular weight excluding hydrogens is 266 g/mol. The topological polar surface area (TPSA) is 66.8 Å². The minimum absolute atomic E-state index is 0.0758. The Morgan fingerprint density at radius 3 is 2.63 bits per heavy atom. The van der Waals surface area contributed by atoms with Gasteiger partial charge in [0.15, 0.2) is 0 Å². The highest BCUT2D eigenvalue weighted by molar-refractivity contribution is 7.89. The van der Waals surface area contributed by atoms with Crippen LogP contribution in [0.25, 0.3) is 0 Å². The van der Waals surface area contributed by atoms with Crippen LogP contribution in [-0.2, 0) is 21.4 Å². The van der Waals surface area contributed by atoms with E-state index in [0.717, 1.165) is 12.8 Å². The fourth-order valence-electron chi connectivity index (χ4n) is 2.06. The number of sulfonamides is 1. The Balaban J connectivity index is 2.33. The van der Waals surface area contributed by atoms with Crippen LogP contribution < -0.4 is 0 Å². The Bertz CT molecular complexity index is 525. The van der Waals surface area contributed by atoms with Gasteiger partial charge < -0.3 is 9.84 Å². The first-order valence-corrected chi connectivity index (χ1v) is 7.75. The zero-order valence-electron chi connectivity index (χ0n) is 10.9. The molecule has 0 amide bonds. The van der Waals surface area contributed by atoms with Crippen LogP contribution in [0.1, 0.15) is 18.4 Å². The van der Waals surface area contributed by atoms with E-state index < -0.39 is 10.0 Å². The zero-order chi connectivity index (χ0) is 13.9. The molecule has 1 aromatic carbocycles. The number of benzene rings is 1. The molecule has 0 bridgehead atoms. The summed E-state index contributed by atoms with van der Waals surface area (Å²) in [6.45, 7) is 0.443. The molecule has 2 rings (SSSR count). The number of hydrogen-bond acceptors (Lipinski definition) is 4. The van der Waals surface area contributed by atoms with Crippen LogP contribution in [0.15, 0.2) is 29.2 Å². The van der Waals surface area contributed by atoms with Crippen molar-refractivity contribution in [2.45, 2.75) is 30.4 Å². The quantitative estimate of drug-likeness (QED) is 0.811. The Kier molecular flexibility index (Phi) is 4.57. The van der Waals surface area contributed by atoms with E-state index in [2.05, 4.69) is 0 Å². The van der Waals surface area contributed by atoms with Crippen LogP contribution in [0, 0.1) is 0 Å². The van der Waals surface area contributed by atoms with E-state index in [9.17, 15) is 13.5 Å². The minimum atomic E-state index is -3.56. The van der Waals surface area contributed by atoms with Crippen molar-refractivity contribution >= 4 is 10.0 Å². The van der Waals surface area contributed by atoms with Gasteiger partial charge in [0.1, 0.15) is 0 Å². The van der Waals surface area contributed by atoms with E-state index in [0.29, 0.717) is 18.7 Å². The molecule has 106 valence electrons. The van der Waals surface area contributed by atoms with Crippen molar-refractivity contribution in [3.05, 3.63) is 29.8 Å². The summed E-state index contributed by atoms with van der Waals surface area (Å²) in [4.78, 5) is 0.195. The van der Waals surface area contributed by atoms with Crippen molar-refractivity contribution in [3.8, 4) is 0 Å². The molecule has 0 heterocycles. The van der Waals surface area contributed by atoms with Crippen LogP contribution in [0.3, 0.4) is 0 Å². The number of nitrogens with zero attached hydrogens (tertiary/aromatic N) is 1. The van der Waals surface area contributed by atoms with Gasteiger partial charge in [0.05, 0.1) is 18.1 Å². The molecule has 1 fully saturated rings. The molecule has 19 heavy (non-hydrogen) atoms. The van der Waals surface area contributed by atoms with Gasteiger partial charge in [-0.2, -0.15) is 4.31 Å². The highest BCUT2D eigenvalue weighted by Crippen LogP contribution is 2.32. The van der Waals surface area contributed by atoms with Crippen molar-refractivity contribution in [3.63, 3.8) is 0 Å². The maximum Gasteiger partial charge on any atom is 0.243 e. The third-order valence-corrected chi connectivity index (χ3v) is 5.25. The van der Waals surface area contributed by atoms with Gasteiger partial charge in [0.25, 0.3) is 0 Å². The fraction of sp³-hybridized carbons (Fsp3) is 0.538. The average molecular weight is 285 g/mol. The SMILES string of the molecule is COCCN(C1CC1)S(=O)(=O)c1ccccc1CO. The largest absolute Gasteiger partial charge is 0.392 e. The monoisotopic (exact) mass is 285 g/mol. The molecule has 0 aromatic heterocycles. The Labute approximate surface area is 113 Å². The highest BCUT2D eigenvalue weighted by Gasteiger charge is 2.38. The van der Waals surface area contributed by atoms with E-state index in [1.807, 2.05) is 0 Å². The van der Waals surface area contributed by atoms with Gasteiger partial charge in [-0.15, -0.1) is 0 Å². The van der Waals surface area contributed by atoms with Crippen molar-refractivity contribution in [2.75, 3.05) is 20.3 Å². The van der Waals surface area contributed by atoms with Gasteiger partial charge in [0.2, 0.25) is 10.0 Å². The van der Waals surface area contributed by atoms with Crippen molar-refractivity contribution in [1.82, 2.24) is 4.31 Å². The second-order valence-corrected chi connectivity index (χ2v) is 6.46. The number of aliphatic hydroxyl groups excluding tert-OH is 1. The van der Waals surface area contributed by atoms with E-state index in [1.54, 1.807) is 31.4 Å². The number of aliphatic hydroxyl groups is 1. The molecule has 0 spiro atoms. The highest BCUT2D eigenvalue weighted by atomic mass is 32.2. The summed E-state index contributed by atoms with van der Waals surface area (Å²) in [5, 5.41) is 9.29. The maximum atomic E-state index is 12.7. The first-order chi connectivity index (χ1) is 9.11. The summed E-state index contributed by atoms with van der Waals surface area (Å²) in [5.41, 5.74) is 0.436. The number of rotatable bonds is 7. The standard InChI is InChI=1S/C13H19NO4S/c1-18-9-8-14(12-6-7-12)19(16,17)13-5-3-2-4-11(13)10-15/h2-5,12,15H,6-10H2,1H3. The van der Waals surface area contributed by atoms with Crippen molar-refractivity contribution < 1.29 is 18.3 Å². The molecule has 0 unspecified atom stereocenters. The van der Waals surface area contributed by atoms with Gasteiger partial charge in [-0.1, -0.05) is 18.2 Å². The van der Waals surface area contributed by atoms with Gasteiger partial charge in [0, 0.05) is 19.7 Å². The lowest BCUT2D eigenvalue weighted by molar-refractivity contribution is 0.177. The third kappa shape index (κ3) is 3.14. The molecule has 0 aliphatic heterocycles. The summed E-state index contributed by atoms with van der Waals surface area (Å²) in [6.07, 6.45) is 1.79. The minimum Gasteiger partial charge on any atom is -0.392 e. The molecular formula is C13H19NO4S. The molecule has 5 nitrogen and oxygen atoms in total. The van der Waals surface area contributed by atoms with Crippen LogP contribution in [0.5, 0.6) is 0 Å².